The van der Waals surface area contributed by atoms with Gasteiger partial charge in [-0.05, 0) is 135 Å². The maximum atomic E-state index is 11.8. The van der Waals surface area contributed by atoms with Crippen LogP contribution in [0.25, 0.3) is 0 Å². The molecule has 0 aliphatic rings. The van der Waals surface area contributed by atoms with Crippen molar-refractivity contribution in [2.24, 2.45) is 0 Å². The maximum Gasteiger partial charge on any atom is 0.305 e. The molecule has 0 aliphatic heterocycles. The molecule has 0 amide bonds. The number of nitrogens with zero attached hydrogens (tertiary/aromatic N) is 3. The smallest absolute Gasteiger partial charge is 0.305 e. The van der Waals surface area contributed by atoms with Crippen LogP contribution in [0.15, 0.2) is 36.5 Å². The Balaban J connectivity index is -0.000000652. The third-order valence-electron chi connectivity index (χ3n) is 16.5. The van der Waals surface area contributed by atoms with Crippen LogP contribution < -0.4 is 14.7 Å². The van der Waals surface area contributed by atoms with E-state index in [2.05, 4.69) is 121 Å². The Kier molecular flexibility index (Phi) is 81.7. The van der Waals surface area contributed by atoms with Crippen molar-refractivity contribution in [1.29, 1.82) is 0 Å². The summed E-state index contributed by atoms with van der Waals surface area (Å²) in [5.74, 6) is -0.115. The van der Waals surface area contributed by atoms with Crippen molar-refractivity contribution in [3.05, 3.63) is 36.5 Å². The predicted octanol–water partition coefficient (Wildman–Crippen LogP) is 18.4. The quantitative estimate of drug-likeness (QED) is 0.0140. The van der Waals surface area contributed by atoms with Gasteiger partial charge in [0, 0.05) is 39.1 Å². The topological polar surface area (TPSA) is 193 Å². The molecule has 0 rings (SSSR count). The summed E-state index contributed by atoms with van der Waals surface area (Å²) in [6, 6.07) is 0. The van der Waals surface area contributed by atoms with Gasteiger partial charge in [-0.2, -0.15) is 7.82 Å². The second-order valence-corrected chi connectivity index (χ2v) is 31.0. The van der Waals surface area contributed by atoms with Crippen LogP contribution in [0.3, 0.4) is 0 Å². The fourth-order valence-corrected chi connectivity index (χ4v) is 10.0. The number of hydrogen-bond donors (Lipinski definition) is 0. The first-order valence-electron chi connectivity index (χ1n) is 40.2. The Labute approximate surface area is 606 Å². The van der Waals surface area contributed by atoms with E-state index in [9.17, 15) is 14.4 Å². The fourth-order valence-electron chi connectivity index (χ4n) is 10.0. The Morgan fingerprint density at radius 3 is 0.633 bits per heavy atom. The number of unbranched alkanes of at least 4 members (excludes halogenated alkanes) is 36. The summed E-state index contributed by atoms with van der Waals surface area (Å²) in [5, 5.41) is 0. The van der Waals surface area contributed by atoms with Crippen molar-refractivity contribution in [2.45, 2.75) is 329 Å². The van der Waals surface area contributed by atoms with Gasteiger partial charge in [-0.3, -0.25) is 14.4 Å². The van der Waals surface area contributed by atoms with Crippen LogP contribution in [-0.4, -0.2) is 174 Å². The third kappa shape index (κ3) is 112. The molecule has 0 N–H and O–H groups in total. The zero-order valence-electron chi connectivity index (χ0n) is 66.5. The fraction of sp³-hybridized carbons (Fsp3) is 0.889. The van der Waals surface area contributed by atoms with Gasteiger partial charge in [-0.1, -0.05) is 211 Å². The SMILES string of the molecule is CCCCCCCC/C=C\CCCCCCCC(=O)OCCCCOCC[N+](C)(C)C.CCCCCCCC/C=C\CCCCCCCC(=O)OCCCCOCC[N+](C)(C)C.CCCCCCCC/C=C\CCCCCCCC(=O)OCCCCOCC[N+](C)(C)C.O=P([O-])([O-])[O-]. The maximum absolute atomic E-state index is 11.8. The predicted molar refractivity (Wildman–Crippen MR) is 408 cm³/mol. The van der Waals surface area contributed by atoms with Crippen molar-refractivity contribution in [2.75, 3.05) is 143 Å². The molecule has 0 aromatic carbocycles. The zero-order chi connectivity index (χ0) is 73.6. The average Bonchev–Trinajstić information content (AvgIpc) is 2.45. The molecule has 0 heterocycles. The lowest BCUT2D eigenvalue weighted by atomic mass is 10.1. The molecule has 0 saturated heterocycles. The summed E-state index contributed by atoms with van der Waals surface area (Å²) in [4.78, 5) is 60.9. The van der Waals surface area contributed by atoms with Gasteiger partial charge in [0.1, 0.15) is 19.6 Å². The number of likely N-dealkylation sites (N-methyl/N-ethyl adjacent to an activating group) is 3. The van der Waals surface area contributed by atoms with Gasteiger partial charge in [0.15, 0.2) is 0 Å². The minimum atomic E-state index is -5.39. The summed E-state index contributed by atoms with van der Waals surface area (Å²) in [7, 11) is 14.1. The van der Waals surface area contributed by atoms with Gasteiger partial charge in [0.05, 0.1) is 103 Å². The molecule has 0 unspecified atom stereocenters. The molecular weight excluding hydrogens is 1250 g/mol. The van der Waals surface area contributed by atoms with Crippen molar-refractivity contribution in [3.8, 4) is 0 Å². The van der Waals surface area contributed by atoms with Crippen molar-refractivity contribution < 1.29 is 75.5 Å². The van der Waals surface area contributed by atoms with Crippen LogP contribution in [0.1, 0.15) is 329 Å². The molecule has 0 aromatic heterocycles. The third-order valence-corrected chi connectivity index (χ3v) is 16.5. The van der Waals surface area contributed by atoms with E-state index in [1.807, 2.05) is 0 Å². The standard InChI is InChI=1S/3C27H54NO3.H3O4P/c3*1-5-6-7-8-9-10-11-12-13-14-15-16-17-18-19-22-27(29)31-25-21-20-24-30-26-23-28(2,3)4;1-5(2,3)4/h3*12-13H,5-11,14-26H2,1-4H3;(H3,1,2,3,4)/q3*+1;/p-3/b3*13-12-;. The normalized spacial score (nSPS) is 12.0. The van der Waals surface area contributed by atoms with Crippen molar-refractivity contribution >= 4 is 25.7 Å². The molecular formula is C81H162N3O13P. The number of carbonyl (C=O) groups excluding carboxylic acids is 3. The number of quaternary nitrogens is 3. The molecule has 0 saturated carbocycles. The number of phosphoric acid groups is 1. The number of carbonyl (C=O) groups is 3. The molecule has 16 nitrogen and oxygen atoms in total. The van der Waals surface area contributed by atoms with Crippen LogP contribution in [0, 0.1) is 0 Å². The van der Waals surface area contributed by atoms with Gasteiger partial charge in [-0.25, -0.2) is 0 Å². The Bertz CT molecular complexity index is 1600. The first-order chi connectivity index (χ1) is 46.9. The largest absolute Gasteiger partial charge is 0.822 e. The molecule has 0 aromatic rings. The summed E-state index contributed by atoms with van der Waals surface area (Å²) in [6.45, 7) is 16.1. The lowest BCUT2D eigenvalue weighted by Crippen LogP contribution is -2.37. The van der Waals surface area contributed by atoms with Crippen LogP contribution in [0.5, 0.6) is 0 Å². The van der Waals surface area contributed by atoms with Gasteiger partial charge in [-0.15, -0.1) is 0 Å². The van der Waals surface area contributed by atoms with Gasteiger partial charge in [0.25, 0.3) is 0 Å². The number of hydrogen-bond acceptors (Lipinski definition) is 13. The highest BCUT2D eigenvalue weighted by Gasteiger charge is 2.10. The molecule has 0 radical (unpaired) electrons. The van der Waals surface area contributed by atoms with E-state index >= 15 is 0 Å². The first-order valence-corrected chi connectivity index (χ1v) is 41.6. The highest BCUT2D eigenvalue weighted by molar-refractivity contribution is 7.40. The first kappa shape index (κ1) is 102. The monoisotopic (exact) mass is 1420 g/mol. The average molecular weight is 1420 g/mol. The Morgan fingerprint density at radius 2 is 0.439 bits per heavy atom. The van der Waals surface area contributed by atoms with Crippen LogP contribution in [0.4, 0.5) is 0 Å². The zero-order valence-corrected chi connectivity index (χ0v) is 67.4. The second kappa shape index (κ2) is 78.6. The van der Waals surface area contributed by atoms with E-state index in [0.29, 0.717) is 39.1 Å². The number of ether oxygens (including phenoxy) is 6. The highest BCUT2D eigenvalue weighted by Crippen LogP contribution is 2.15. The lowest BCUT2D eigenvalue weighted by Gasteiger charge is -2.36. The molecule has 0 aliphatic carbocycles. The van der Waals surface area contributed by atoms with E-state index in [4.69, 9.17) is 47.7 Å². The minimum absolute atomic E-state index is 0.0384. The van der Waals surface area contributed by atoms with Gasteiger partial charge in [0.2, 0.25) is 0 Å². The van der Waals surface area contributed by atoms with Crippen molar-refractivity contribution in [1.82, 2.24) is 0 Å². The van der Waals surface area contributed by atoms with Crippen LogP contribution in [0.2, 0.25) is 0 Å². The summed E-state index contributed by atoms with van der Waals surface area (Å²) >= 11 is 0. The molecule has 0 atom stereocenters. The number of allylic oxidation sites excluding steroid dienone is 6. The van der Waals surface area contributed by atoms with E-state index in [-0.39, 0.29) is 17.9 Å². The molecule has 17 heteroatoms. The molecule has 584 valence electrons. The van der Waals surface area contributed by atoms with Gasteiger partial charge < -0.3 is 61.1 Å². The van der Waals surface area contributed by atoms with E-state index in [0.717, 1.165) is 150 Å². The van der Waals surface area contributed by atoms with E-state index in [1.165, 1.54) is 212 Å². The van der Waals surface area contributed by atoms with E-state index < -0.39 is 7.82 Å². The second-order valence-electron chi connectivity index (χ2n) is 30.1. The lowest BCUT2D eigenvalue weighted by molar-refractivity contribution is -0.870. The van der Waals surface area contributed by atoms with Crippen molar-refractivity contribution in [3.63, 3.8) is 0 Å². The Hall–Kier alpha value is -2.50. The summed E-state index contributed by atoms with van der Waals surface area (Å²) < 4.78 is 44.1. The van der Waals surface area contributed by atoms with Crippen LogP contribution in [-0.2, 0) is 47.4 Å². The molecule has 98 heavy (non-hydrogen) atoms. The number of esters is 3. The minimum Gasteiger partial charge on any atom is -0.822 e. The van der Waals surface area contributed by atoms with E-state index in [1.54, 1.807) is 0 Å². The molecule has 0 bridgehead atoms. The molecule has 0 fully saturated rings. The highest BCUT2D eigenvalue weighted by atomic mass is 31.2. The van der Waals surface area contributed by atoms with Gasteiger partial charge >= 0.3 is 17.9 Å². The summed E-state index contributed by atoms with van der Waals surface area (Å²) in [5.41, 5.74) is 0. The summed E-state index contributed by atoms with van der Waals surface area (Å²) in [6.07, 6.45) is 71.2. The number of rotatable bonds is 69. The molecule has 0 spiro atoms. The van der Waals surface area contributed by atoms with Crippen LogP contribution >= 0.6 is 7.82 Å². The Morgan fingerprint density at radius 1 is 0.265 bits per heavy atom.